The van der Waals surface area contributed by atoms with Gasteiger partial charge in [0.25, 0.3) is 0 Å². The molecule has 1 aromatic heterocycles. The van der Waals surface area contributed by atoms with E-state index < -0.39 is 0 Å². The maximum atomic E-state index is 11.6. The fourth-order valence-corrected chi connectivity index (χ4v) is 1.78. The van der Waals surface area contributed by atoms with E-state index in [1.165, 1.54) is 6.07 Å². The van der Waals surface area contributed by atoms with E-state index in [9.17, 15) is 4.79 Å². The van der Waals surface area contributed by atoms with E-state index in [1.54, 1.807) is 6.08 Å². The predicted molar refractivity (Wildman–Crippen MR) is 82.1 cm³/mol. The molecule has 19 heavy (non-hydrogen) atoms. The lowest BCUT2D eigenvalue weighted by Crippen LogP contribution is -2.31. The maximum Gasteiger partial charge on any atom is 0.336 e. The molecule has 2 heteroatoms. The summed E-state index contributed by atoms with van der Waals surface area (Å²) in [6, 6.07) is 1.50. The van der Waals surface area contributed by atoms with Crippen molar-refractivity contribution in [3.8, 4) is 0 Å². The molecule has 0 atom stereocenters. The molecule has 0 N–H and O–H groups in total. The van der Waals surface area contributed by atoms with Gasteiger partial charge in [-0.25, -0.2) is 4.79 Å². The van der Waals surface area contributed by atoms with Crippen molar-refractivity contribution in [2.75, 3.05) is 0 Å². The summed E-state index contributed by atoms with van der Waals surface area (Å²) in [5.74, 6) is 0. The Hall–Kier alpha value is -2.09. The van der Waals surface area contributed by atoms with Crippen molar-refractivity contribution in [1.29, 1.82) is 0 Å². The van der Waals surface area contributed by atoms with E-state index in [0.29, 0.717) is 5.42 Å². The monoisotopic (exact) mass is 256 g/mol. The van der Waals surface area contributed by atoms with Crippen molar-refractivity contribution in [2.45, 2.75) is 27.2 Å². The molecule has 0 aliphatic rings. The SMILES string of the molecule is C=c1c(C(/C=C\C)=C/CC)cc(=O)o/c1=C/C=C\C. The Bertz CT molecular complexity index is 670. The molecule has 1 heterocycles. The van der Waals surface area contributed by atoms with Gasteiger partial charge in [0.15, 0.2) is 0 Å². The van der Waals surface area contributed by atoms with Crippen molar-refractivity contribution in [2.24, 2.45) is 0 Å². The van der Waals surface area contributed by atoms with Crippen LogP contribution in [0.1, 0.15) is 32.8 Å². The molecular formula is C17H20O2. The standard InChI is InChI=1S/C17H20O2/c1-5-8-11-16-13(4)15(12-17(18)19-16)14(9-6-2)10-7-3/h5-6,8-12H,4,7H2,1-3H3/b8-5-,9-6-,14-10+,16-11+. The van der Waals surface area contributed by atoms with Crippen molar-refractivity contribution in [3.05, 3.63) is 63.1 Å². The third-order valence-corrected chi connectivity index (χ3v) is 2.62. The average Bonchev–Trinajstić information content (AvgIpc) is 2.39. The first-order valence-electron chi connectivity index (χ1n) is 6.43. The Balaban J connectivity index is 3.62. The molecule has 0 aromatic carbocycles. The lowest BCUT2D eigenvalue weighted by atomic mass is 10.0. The number of hydrogen-bond acceptors (Lipinski definition) is 2. The summed E-state index contributed by atoms with van der Waals surface area (Å²) in [4.78, 5) is 11.6. The molecule has 0 fully saturated rings. The molecular weight excluding hydrogens is 236 g/mol. The van der Waals surface area contributed by atoms with Gasteiger partial charge >= 0.3 is 5.63 Å². The van der Waals surface area contributed by atoms with Gasteiger partial charge in [0.1, 0.15) is 5.42 Å². The highest BCUT2D eigenvalue weighted by Gasteiger charge is 2.03. The summed E-state index contributed by atoms with van der Waals surface area (Å²) < 4.78 is 5.18. The van der Waals surface area contributed by atoms with Gasteiger partial charge in [0, 0.05) is 11.3 Å². The van der Waals surface area contributed by atoms with Crippen molar-refractivity contribution >= 4 is 18.2 Å². The van der Waals surface area contributed by atoms with Crippen LogP contribution in [0.15, 0.2) is 45.7 Å². The number of rotatable bonds is 4. The summed E-state index contributed by atoms with van der Waals surface area (Å²) in [6.45, 7) is 9.94. The smallest absolute Gasteiger partial charge is 0.336 e. The van der Waals surface area contributed by atoms with Crippen LogP contribution in [0.25, 0.3) is 18.2 Å². The van der Waals surface area contributed by atoms with Gasteiger partial charge in [0.2, 0.25) is 0 Å². The first kappa shape index (κ1) is 15.0. The van der Waals surface area contributed by atoms with Gasteiger partial charge in [-0.15, -0.1) is 0 Å². The quantitative estimate of drug-likeness (QED) is 0.775. The van der Waals surface area contributed by atoms with Crippen LogP contribution in [0.5, 0.6) is 0 Å². The fourth-order valence-electron chi connectivity index (χ4n) is 1.78. The van der Waals surface area contributed by atoms with Crippen LogP contribution in [0.2, 0.25) is 0 Å². The Morgan fingerprint density at radius 3 is 2.68 bits per heavy atom. The van der Waals surface area contributed by atoms with Crippen LogP contribution in [0.4, 0.5) is 0 Å². The summed E-state index contributed by atoms with van der Waals surface area (Å²) in [5, 5.41) is 0.732. The molecule has 0 bridgehead atoms. The van der Waals surface area contributed by atoms with Gasteiger partial charge < -0.3 is 4.42 Å². The Morgan fingerprint density at radius 2 is 2.11 bits per heavy atom. The highest BCUT2D eigenvalue weighted by molar-refractivity contribution is 5.74. The summed E-state index contributed by atoms with van der Waals surface area (Å²) in [6.07, 6.45) is 12.4. The summed E-state index contributed by atoms with van der Waals surface area (Å²) in [7, 11) is 0. The third-order valence-electron chi connectivity index (χ3n) is 2.62. The number of hydrogen-bond donors (Lipinski definition) is 0. The van der Waals surface area contributed by atoms with Gasteiger partial charge in [-0.05, 0) is 37.5 Å². The van der Waals surface area contributed by atoms with Crippen LogP contribution in [-0.2, 0) is 0 Å². The van der Waals surface area contributed by atoms with E-state index in [4.69, 9.17) is 4.42 Å². The average molecular weight is 256 g/mol. The second-order valence-corrected chi connectivity index (χ2v) is 4.08. The Labute approximate surface area is 113 Å². The molecule has 0 saturated carbocycles. The van der Waals surface area contributed by atoms with E-state index >= 15 is 0 Å². The normalized spacial score (nSPS) is 13.8. The second kappa shape index (κ2) is 7.37. The topological polar surface area (TPSA) is 30.2 Å². The van der Waals surface area contributed by atoms with Crippen molar-refractivity contribution in [1.82, 2.24) is 0 Å². The molecule has 0 amide bonds. The van der Waals surface area contributed by atoms with Crippen LogP contribution in [-0.4, -0.2) is 0 Å². The van der Waals surface area contributed by atoms with Gasteiger partial charge in [-0.1, -0.05) is 43.9 Å². The summed E-state index contributed by atoms with van der Waals surface area (Å²) >= 11 is 0. The second-order valence-electron chi connectivity index (χ2n) is 4.08. The van der Waals surface area contributed by atoms with Crippen molar-refractivity contribution in [3.63, 3.8) is 0 Å². The molecule has 1 rings (SSSR count). The fraction of sp³-hybridized carbons (Fsp3) is 0.235. The highest BCUT2D eigenvalue weighted by atomic mass is 16.4. The minimum Gasteiger partial charge on any atom is -0.423 e. The zero-order chi connectivity index (χ0) is 14.3. The zero-order valence-electron chi connectivity index (χ0n) is 11.8. The van der Waals surface area contributed by atoms with Crippen LogP contribution in [0.3, 0.4) is 0 Å². The molecule has 0 aliphatic carbocycles. The first-order valence-corrected chi connectivity index (χ1v) is 6.43. The number of allylic oxidation sites excluding steroid dienone is 6. The largest absolute Gasteiger partial charge is 0.423 e. The molecule has 100 valence electrons. The van der Waals surface area contributed by atoms with Crippen molar-refractivity contribution < 1.29 is 4.42 Å². The van der Waals surface area contributed by atoms with E-state index in [-0.39, 0.29) is 5.63 Å². The van der Waals surface area contributed by atoms with Crippen LogP contribution >= 0.6 is 0 Å². The Morgan fingerprint density at radius 1 is 1.37 bits per heavy atom. The molecule has 1 aromatic rings. The molecule has 0 aliphatic heterocycles. The molecule has 0 radical (unpaired) electrons. The summed E-state index contributed by atoms with van der Waals surface area (Å²) in [5.41, 5.74) is 1.97. The van der Waals surface area contributed by atoms with Crippen LogP contribution in [0, 0.1) is 0 Å². The molecule has 2 nitrogen and oxygen atoms in total. The molecule has 0 spiro atoms. The molecule has 0 saturated heterocycles. The van der Waals surface area contributed by atoms with Gasteiger partial charge in [0.05, 0.1) is 0 Å². The van der Waals surface area contributed by atoms with Gasteiger partial charge in [-0.2, -0.15) is 0 Å². The predicted octanol–water partition coefficient (Wildman–Crippen LogP) is 2.78. The molecule has 0 unspecified atom stereocenters. The maximum absolute atomic E-state index is 11.6. The lowest BCUT2D eigenvalue weighted by Gasteiger charge is -2.03. The lowest BCUT2D eigenvalue weighted by molar-refractivity contribution is 0.473. The van der Waals surface area contributed by atoms with Gasteiger partial charge in [-0.3, -0.25) is 0 Å². The van der Waals surface area contributed by atoms with E-state index in [0.717, 1.165) is 22.8 Å². The highest BCUT2D eigenvalue weighted by Crippen LogP contribution is 2.10. The zero-order valence-corrected chi connectivity index (χ0v) is 11.8. The third kappa shape index (κ3) is 3.95. The van der Waals surface area contributed by atoms with E-state index in [2.05, 4.69) is 19.6 Å². The minimum absolute atomic E-state index is 0.357. The Kier molecular flexibility index (Phi) is 5.80. The first-order chi connectivity index (χ1) is 9.13. The minimum atomic E-state index is -0.357. The van der Waals surface area contributed by atoms with E-state index in [1.807, 2.05) is 38.2 Å². The van der Waals surface area contributed by atoms with Crippen LogP contribution < -0.4 is 16.3 Å².